The van der Waals surface area contributed by atoms with E-state index in [1.165, 1.54) is 4.90 Å². The van der Waals surface area contributed by atoms with E-state index in [-0.39, 0.29) is 70.7 Å². The zero-order valence-corrected chi connectivity index (χ0v) is 46.4. The number of ether oxygens (including phenoxy) is 1. The Kier molecular flexibility index (Phi) is 22.1. The number of carboxylic acids is 1. The maximum absolute atomic E-state index is 14.3. The third kappa shape index (κ3) is 17.3. The number of cyclic esters (lactones) is 1. The third-order valence-corrected chi connectivity index (χ3v) is 16.3. The van der Waals surface area contributed by atoms with Gasteiger partial charge in [0.25, 0.3) is 11.9 Å². The Labute approximate surface area is 467 Å². The minimum absolute atomic E-state index is 0.0779. The van der Waals surface area contributed by atoms with Gasteiger partial charge in [-0.25, -0.2) is 0 Å². The van der Waals surface area contributed by atoms with Crippen LogP contribution in [0.3, 0.4) is 0 Å². The molecule has 7 amide bonds. The summed E-state index contributed by atoms with van der Waals surface area (Å²) in [6.07, 6.45) is 0.418. The summed E-state index contributed by atoms with van der Waals surface area (Å²) in [5.41, 5.74) is 2.10. The molecule has 6 aliphatic rings. The number of aliphatic carboxylic acids is 1. The van der Waals surface area contributed by atoms with Gasteiger partial charge >= 0.3 is 27.2 Å². The number of hydrogen-bond acceptors (Lipinski definition) is 19. The minimum Gasteiger partial charge on any atom is -0.558 e. The molecule has 7 N–H and O–H groups in total. The van der Waals surface area contributed by atoms with E-state index in [2.05, 4.69) is 31.5 Å². The number of esters is 1. The van der Waals surface area contributed by atoms with Crippen LogP contribution >= 0.6 is 0 Å². The molecule has 0 saturated carbocycles. The smallest absolute Gasteiger partial charge is 0.558 e. The van der Waals surface area contributed by atoms with Crippen molar-refractivity contribution in [1.29, 1.82) is 0 Å². The number of rotatable bonds is 21. The quantitative estimate of drug-likeness (QED) is 0.0460. The topological polar surface area (TPSA) is 336 Å². The van der Waals surface area contributed by atoms with E-state index in [1.807, 2.05) is 33.8 Å². The number of amides is 7. The number of carbonyl (C=O) groups is 11. The Balaban J connectivity index is 0.814. The normalized spacial score (nSPS) is 24.6. The van der Waals surface area contributed by atoms with Crippen LogP contribution in [0.4, 0.5) is 9.21 Å². The van der Waals surface area contributed by atoms with Gasteiger partial charge < -0.3 is 62.4 Å². The Bertz CT molecular complexity index is 2460. The second kappa shape index (κ2) is 28.9. The lowest BCUT2D eigenvalue weighted by Gasteiger charge is -2.35. The zero-order chi connectivity index (χ0) is 57.6. The molecule has 6 aliphatic heterocycles. The lowest BCUT2D eigenvalue weighted by Crippen LogP contribution is -2.59. The molecule has 29 heteroatoms. The summed E-state index contributed by atoms with van der Waals surface area (Å²) >= 11 is -3.90. The Morgan fingerprint density at radius 1 is 0.775 bits per heavy atom. The average molecular weight is 1140 g/mol. The number of fused-ring (bicyclic) bond motifs is 3. The molecule has 0 aromatic heterocycles. The van der Waals surface area contributed by atoms with Crippen molar-refractivity contribution in [2.24, 2.45) is 11.8 Å². The van der Waals surface area contributed by atoms with E-state index in [9.17, 15) is 66.5 Å². The van der Waals surface area contributed by atoms with Crippen molar-refractivity contribution in [3.05, 3.63) is 29.3 Å². The number of para-hydroxylation sites is 1. The molecule has 438 valence electrons. The molecule has 1 aromatic rings. The highest BCUT2D eigenvalue weighted by atomic mass is 27.3. The molecule has 27 nitrogen and oxygen atoms in total. The van der Waals surface area contributed by atoms with E-state index >= 15 is 0 Å². The van der Waals surface area contributed by atoms with Gasteiger partial charge in [-0.15, -0.1) is 0 Å². The zero-order valence-electron chi connectivity index (χ0n) is 45.2. The van der Waals surface area contributed by atoms with Crippen molar-refractivity contribution >= 4 is 86.2 Å². The number of nitrogens with one attached hydrogen (secondary N) is 5. The fourth-order valence-electron chi connectivity index (χ4n) is 10.8. The van der Waals surface area contributed by atoms with Crippen molar-refractivity contribution in [1.82, 2.24) is 51.1 Å². The maximum atomic E-state index is 14.3. The predicted molar refractivity (Wildman–Crippen MR) is 279 cm³/mol. The lowest BCUT2D eigenvalue weighted by atomic mass is 9.96. The number of aliphatic hydroxyl groups is 1. The molecule has 0 aliphatic carbocycles. The molecule has 1 aromatic carbocycles. The molecule has 6 heterocycles. The number of benzene rings is 1. The summed E-state index contributed by atoms with van der Waals surface area (Å²) < 4.78 is 28.3. The molecule has 0 radical (unpaired) electrons. The summed E-state index contributed by atoms with van der Waals surface area (Å²) in [5.74, 6) is -7.88. The SMILES string of the molecule is CC[C@H](C)[C@H](NC(=O)CCNC(=O)CN(CC(=O)O)C(=O)CCNC(=O)CN1CCC(CN2CCN3CCN(CC2)CC(=O)[O][Al]([F])[O]C(=O)C3)CC1)C(=O)N[C@H]1CCc2cccc3c2N(C1=O)[C@H](C(=O)NC1CC(=O)OC1O)C3. The highest BCUT2D eigenvalue weighted by Crippen LogP contribution is 2.39. The van der Waals surface area contributed by atoms with Crippen LogP contribution in [0, 0.1) is 11.8 Å². The Morgan fingerprint density at radius 3 is 2.05 bits per heavy atom. The Morgan fingerprint density at radius 2 is 1.41 bits per heavy atom. The van der Waals surface area contributed by atoms with Gasteiger partial charge in [0.2, 0.25) is 47.6 Å². The summed E-state index contributed by atoms with van der Waals surface area (Å²) in [7, 11) is 0. The number of piperidine rings is 1. The molecule has 4 saturated heterocycles. The highest BCUT2D eigenvalue weighted by Gasteiger charge is 2.47. The fourth-order valence-corrected chi connectivity index (χ4v) is 11.5. The number of anilines is 1. The number of carboxylic acid groups (broad SMARTS) is 1. The van der Waals surface area contributed by atoms with Gasteiger partial charge in [0.1, 0.15) is 37.3 Å². The van der Waals surface area contributed by atoms with E-state index in [0.29, 0.717) is 76.8 Å². The first-order valence-electron chi connectivity index (χ1n) is 27.4. The lowest BCUT2D eigenvalue weighted by molar-refractivity contribution is -0.155. The van der Waals surface area contributed by atoms with Crippen LogP contribution in [0.15, 0.2) is 18.2 Å². The van der Waals surface area contributed by atoms with Gasteiger partial charge in [-0.05, 0) is 61.7 Å². The number of aryl methyl sites for hydroxylation is 1. The molecule has 2 bridgehead atoms. The van der Waals surface area contributed by atoms with Crippen LogP contribution in [0.5, 0.6) is 0 Å². The van der Waals surface area contributed by atoms with Crippen LogP contribution in [0.25, 0.3) is 0 Å². The summed E-state index contributed by atoms with van der Waals surface area (Å²) in [5, 5.41) is 33.0. The van der Waals surface area contributed by atoms with Gasteiger partial charge in [-0.3, -0.25) is 72.3 Å². The second-order valence-electron chi connectivity index (χ2n) is 21.3. The van der Waals surface area contributed by atoms with Crippen LogP contribution in [0.1, 0.15) is 69.9 Å². The molecule has 4 unspecified atom stereocenters. The van der Waals surface area contributed by atoms with Crippen molar-refractivity contribution < 1.29 is 78.8 Å². The Hall–Kier alpha value is -6.35. The number of nitrogens with zero attached hydrogens (tertiary/aromatic N) is 6. The monoisotopic (exact) mass is 1140 g/mol. The average Bonchev–Trinajstić information content (AvgIpc) is 3.93. The molecule has 4 fully saturated rings. The first-order valence-corrected chi connectivity index (χ1v) is 28.8. The number of likely N-dealkylation sites (tertiary alicyclic amines) is 1. The van der Waals surface area contributed by atoms with E-state index < -0.39 is 124 Å². The number of carbonyl (C=O) groups excluding carboxylic acids is 10. The summed E-state index contributed by atoms with van der Waals surface area (Å²) in [6, 6.07) is 1.20. The van der Waals surface area contributed by atoms with E-state index in [4.69, 9.17) is 12.3 Å². The van der Waals surface area contributed by atoms with Gasteiger partial charge in [0, 0.05) is 78.2 Å². The molecule has 8 atom stereocenters. The minimum atomic E-state index is -3.90. The predicted octanol–water partition coefficient (Wildman–Crippen LogP) is -3.73. The molecule has 0 spiro atoms. The standard InChI is InChI=1S/C51H75N11O16.Al.FH/c1-3-31(2)46(49(75)54-35-8-7-33-5-4-6-34-23-37(62(47(33)34)50(35)76)48(74)55-36-24-45(73)78-51(36)77)56-38(63)9-13-52-40(65)27-61(30-44(71)72)41(66)10-14-53-39(64)26-57-15-11-32(12-16-57)25-58-17-19-59(28-42(67)68)21-22-60(20-18-58)29-43(69)70;;/h4-6,31-32,35-37,46,51,77H,3,7-30H2,1-2H3,(H,52,65)(H,53,64)(H,54,75)(H,55,74)(H,56,63)(H,67,68)(H,69,70)(H,71,72);;1H/q;+3;/p-3/t31-,35-,36?,37-,46-,51?;;/m0../s1. The maximum Gasteiger partial charge on any atom is 1.15 e. The van der Waals surface area contributed by atoms with Crippen LogP contribution in [0.2, 0.25) is 0 Å². The van der Waals surface area contributed by atoms with Gasteiger partial charge in [0.15, 0.2) is 0 Å². The van der Waals surface area contributed by atoms with Crippen molar-refractivity contribution in [3.63, 3.8) is 0 Å². The van der Waals surface area contributed by atoms with E-state index in [1.54, 1.807) is 13.0 Å². The van der Waals surface area contributed by atoms with Crippen molar-refractivity contribution in [2.45, 2.75) is 102 Å². The van der Waals surface area contributed by atoms with E-state index in [0.717, 1.165) is 35.4 Å². The fraction of sp³-hybridized carbons (Fsp3) is 0.667. The summed E-state index contributed by atoms with van der Waals surface area (Å²) in [4.78, 5) is 153. The molecular weight excluding hydrogens is 1070 g/mol. The number of halogens is 1. The molecule has 80 heavy (non-hydrogen) atoms. The first kappa shape index (κ1) is 61.3. The van der Waals surface area contributed by atoms with Gasteiger partial charge in [-0.1, -0.05) is 38.5 Å². The van der Waals surface area contributed by atoms with Crippen LogP contribution in [-0.4, -0.2) is 250 Å². The van der Waals surface area contributed by atoms with Gasteiger partial charge in [0.05, 0.1) is 31.7 Å². The number of hydrogen-bond donors (Lipinski definition) is 7. The van der Waals surface area contributed by atoms with Crippen molar-refractivity contribution in [3.8, 4) is 0 Å². The van der Waals surface area contributed by atoms with Crippen LogP contribution < -0.4 is 31.5 Å². The van der Waals surface area contributed by atoms with Crippen molar-refractivity contribution in [2.75, 3.05) is 110 Å². The van der Waals surface area contributed by atoms with Crippen LogP contribution in [-0.2, 0) is 77.9 Å². The molecular formula is C51H73AlFN11O16. The van der Waals surface area contributed by atoms with Gasteiger partial charge in [-0.2, -0.15) is 0 Å². The molecule has 7 rings (SSSR count). The summed E-state index contributed by atoms with van der Waals surface area (Å²) in [6.45, 7) is 7.16. The largest absolute Gasteiger partial charge is 1.15 e. The number of aliphatic hydroxyl groups excluding tert-OH is 1. The third-order valence-electron chi connectivity index (χ3n) is 15.4. The highest BCUT2D eigenvalue weighted by molar-refractivity contribution is 6.41. The second-order valence-corrected chi connectivity index (χ2v) is 22.3. The first-order chi connectivity index (χ1) is 38.2.